The molecule has 0 aliphatic carbocycles. The summed E-state index contributed by atoms with van der Waals surface area (Å²) in [7, 11) is 0. The Kier molecular flexibility index (Phi) is 7.82. The van der Waals surface area contributed by atoms with Crippen LogP contribution < -0.4 is 5.32 Å². The number of halogens is 5. The number of amides is 2. The van der Waals surface area contributed by atoms with Gasteiger partial charge in [-0.1, -0.05) is 40.9 Å². The van der Waals surface area contributed by atoms with Crippen LogP contribution in [0.3, 0.4) is 0 Å². The number of fused-ring (bicyclic) bond motifs is 4. The number of carbonyl (C=O) groups is 2. The topological polar surface area (TPSA) is 62.3 Å². The second-order valence-electron chi connectivity index (χ2n) is 9.79. The van der Waals surface area contributed by atoms with Gasteiger partial charge in [0.1, 0.15) is 17.5 Å². The Labute approximate surface area is 237 Å². The molecular formula is C29H24BrClF3N3O2. The molecule has 1 aromatic heterocycles. The zero-order valence-electron chi connectivity index (χ0n) is 20.9. The van der Waals surface area contributed by atoms with Gasteiger partial charge in [-0.2, -0.15) is 0 Å². The average Bonchev–Trinajstić information content (AvgIpc) is 2.89. The standard InChI is InChI=1S/C29H24BrClF3N3O2/c1-15-3-2-4-24(37-10-8-17(12-25(37)38)26-19(30)5-6-20(31)28(26)34)22-11-16(7-9-35-22)27-21(33)13-18(32)14-23(27)36-29(15)39/h5-7,9,11-15,24H,2-4,8,10H2,1H3,(H,36,39). The zero-order chi connectivity index (χ0) is 27.8. The quantitative estimate of drug-likeness (QED) is 0.300. The van der Waals surface area contributed by atoms with Crippen LogP contribution in [0, 0.1) is 23.4 Å². The van der Waals surface area contributed by atoms with Crippen molar-refractivity contribution in [3.8, 4) is 11.1 Å². The number of carbonyl (C=O) groups excluding carboxylic acids is 2. The van der Waals surface area contributed by atoms with Gasteiger partial charge in [-0.15, -0.1) is 0 Å². The molecule has 2 aromatic carbocycles. The Morgan fingerprint density at radius 1 is 1.08 bits per heavy atom. The van der Waals surface area contributed by atoms with Gasteiger partial charge >= 0.3 is 0 Å². The zero-order valence-corrected chi connectivity index (χ0v) is 23.3. The summed E-state index contributed by atoms with van der Waals surface area (Å²) < 4.78 is 44.5. The van der Waals surface area contributed by atoms with Gasteiger partial charge in [0.15, 0.2) is 0 Å². The minimum absolute atomic E-state index is 0.0325. The maximum atomic E-state index is 15.1. The van der Waals surface area contributed by atoms with Crippen LogP contribution in [0.5, 0.6) is 0 Å². The Bertz CT molecular complexity index is 1510. The summed E-state index contributed by atoms with van der Waals surface area (Å²) in [5, 5.41) is 2.65. The monoisotopic (exact) mass is 617 g/mol. The molecule has 5 rings (SSSR count). The van der Waals surface area contributed by atoms with E-state index in [-0.39, 0.29) is 33.7 Å². The van der Waals surface area contributed by atoms with Gasteiger partial charge in [0, 0.05) is 46.4 Å². The molecule has 3 aromatic rings. The van der Waals surface area contributed by atoms with Crippen LogP contribution in [0.1, 0.15) is 49.9 Å². The normalized spacial score (nSPS) is 19.9. The maximum Gasteiger partial charge on any atom is 0.247 e. The van der Waals surface area contributed by atoms with E-state index < -0.39 is 29.4 Å². The van der Waals surface area contributed by atoms with E-state index in [1.54, 1.807) is 30.0 Å². The van der Waals surface area contributed by atoms with Crippen molar-refractivity contribution in [3.05, 3.63) is 86.9 Å². The Balaban J connectivity index is 1.56. The predicted molar refractivity (Wildman–Crippen MR) is 147 cm³/mol. The lowest BCUT2D eigenvalue weighted by atomic mass is 9.92. The lowest BCUT2D eigenvalue weighted by molar-refractivity contribution is -0.129. The fraction of sp³-hybridized carbons (Fsp3) is 0.276. The highest BCUT2D eigenvalue weighted by atomic mass is 79.9. The molecule has 39 heavy (non-hydrogen) atoms. The third-order valence-corrected chi connectivity index (χ3v) is 8.18. The molecule has 0 fully saturated rings. The third-order valence-electron chi connectivity index (χ3n) is 7.23. The summed E-state index contributed by atoms with van der Waals surface area (Å²) in [4.78, 5) is 32.5. The molecule has 2 amide bonds. The summed E-state index contributed by atoms with van der Waals surface area (Å²) in [6.45, 7) is 2.05. The predicted octanol–water partition coefficient (Wildman–Crippen LogP) is 7.70. The number of anilines is 1. The molecule has 2 atom stereocenters. The molecule has 0 saturated heterocycles. The van der Waals surface area contributed by atoms with E-state index in [1.165, 1.54) is 18.3 Å². The van der Waals surface area contributed by atoms with Crippen LogP contribution in [0.4, 0.5) is 18.9 Å². The molecule has 0 spiro atoms. The van der Waals surface area contributed by atoms with E-state index >= 15 is 4.39 Å². The summed E-state index contributed by atoms with van der Waals surface area (Å²) in [5.41, 5.74) is 1.82. The van der Waals surface area contributed by atoms with E-state index in [0.717, 1.165) is 12.1 Å². The molecule has 2 aliphatic rings. The van der Waals surface area contributed by atoms with Crippen LogP contribution >= 0.6 is 27.5 Å². The molecule has 10 heteroatoms. The fourth-order valence-electron chi connectivity index (χ4n) is 5.20. The SMILES string of the molecule is CC1CCCC(N2CCC(c3c(Br)ccc(Cl)c3F)=CC2=O)c2cc(ccn2)-c2c(F)cc(F)cc2NC1=O. The maximum absolute atomic E-state index is 15.1. The number of nitrogens with one attached hydrogen (secondary N) is 1. The van der Waals surface area contributed by atoms with Gasteiger partial charge in [0.25, 0.3) is 0 Å². The Morgan fingerprint density at radius 3 is 2.64 bits per heavy atom. The van der Waals surface area contributed by atoms with Gasteiger partial charge in [0.2, 0.25) is 11.8 Å². The first-order chi connectivity index (χ1) is 18.6. The second-order valence-corrected chi connectivity index (χ2v) is 11.0. The molecule has 0 radical (unpaired) electrons. The highest BCUT2D eigenvalue weighted by Crippen LogP contribution is 2.39. The van der Waals surface area contributed by atoms with Gasteiger partial charge in [-0.05, 0) is 60.7 Å². The smallest absolute Gasteiger partial charge is 0.247 e. The van der Waals surface area contributed by atoms with Crippen LogP contribution in [-0.4, -0.2) is 28.2 Å². The highest BCUT2D eigenvalue weighted by molar-refractivity contribution is 9.10. The lowest BCUT2D eigenvalue weighted by Gasteiger charge is -2.34. The van der Waals surface area contributed by atoms with Crippen molar-refractivity contribution >= 4 is 50.6 Å². The van der Waals surface area contributed by atoms with E-state index in [9.17, 15) is 18.4 Å². The van der Waals surface area contributed by atoms with Crippen molar-refractivity contribution < 1.29 is 22.8 Å². The minimum atomic E-state index is -0.820. The van der Waals surface area contributed by atoms with Crippen molar-refractivity contribution in [1.29, 1.82) is 0 Å². The number of aromatic nitrogens is 1. The minimum Gasteiger partial charge on any atom is -0.330 e. The first-order valence-electron chi connectivity index (χ1n) is 12.5. The van der Waals surface area contributed by atoms with E-state index in [4.69, 9.17) is 11.6 Å². The molecule has 202 valence electrons. The van der Waals surface area contributed by atoms with Gasteiger partial charge < -0.3 is 10.2 Å². The molecule has 2 bridgehead atoms. The van der Waals surface area contributed by atoms with Crippen molar-refractivity contribution in [2.45, 2.75) is 38.6 Å². The molecule has 5 nitrogen and oxygen atoms in total. The van der Waals surface area contributed by atoms with Crippen molar-refractivity contribution in [3.63, 3.8) is 0 Å². The lowest BCUT2D eigenvalue weighted by Crippen LogP contribution is -2.38. The largest absolute Gasteiger partial charge is 0.330 e. The molecule has 1 N–H and O–H groups in total. The Morgan fingerprint density at radius 2 is 1.87 bits per heavy atom. The van der Waals surface area contributed by atoms with Gasteiger partial charge in [-0.3, -0.25) is 14.6 Å². The van der Waals surface area contributed by atoms with Crippen LogP contribution in [0.25, 0.3) is 16.7 Å². The fourth-order valence-corrected chi connectivity index (χ4v) is 5.92. The van der Waals surface area contributed by atoms with Gasteiger partial charge in [0.05, 0.1) is 22.4 Å². The van der Waals surface area contributed by atoms with Crippen LogP contribution in [-0.2, 0) is 9.59 Å². The van der Waals surface area contributed by atoms with E-state index in [0.29, 0.717) is 53.5 Å². The average molecular weight is 619 g/mol. The molecule has 2 aliphatic heterocycles. The summed E-state index contributed by atoms with van der Waals surface area (Å²) >= 11 is 9.35. The highest BCUT2D eigenvalue weighted by Gasteiger charge is 2.31. The van der Waals surface area contributed by atoms with E-state index in [1.807, 2.05) is 0 Å². The molecule has 2 unspecified atom stereocenters. The number of benzene rings is 2. The van der Waals surface area contributed by atoms with E-state index in [2.05, 4.69) is 26.2 Å². The van der Waals surface area contributed by atoms with Crippen molar-refractivity contribution in [2.24, 2.45) is 5.92 Å². The molecule has 0 saturated carbocycles. The molecular weight excluding hydrogens is 595 g/mol. The number of hydrogen-bond acceptors (Lipinski definition) is 3. The number of hydrogen-bond donors (Lipinski definition) is 1. The third kappa shape index (κ3) is 5.47. The Hall–Kier alpha value is -3.17. The number of pyridine rings is 1. The van der Waals surface area contributed by atoms with Crippen molar-refractivity contribution in [2.75, 3.05) is 11.9 Å². The number of rotatable bonds is 2. The second kappa shape index (κ2) is 11.1. The summed E-state index contributed by atoms with van der Waals surface area (Å²) in [6, 6.07) is 7.73. The van der Waals surface area contributed by atoms with Crippen molar-refractivity contribution in [1.82, 2.24) is 9.88 Å². The first-order valence-corrected chi connectivity index (χ1v) is 13.7. The summed E-state index contributed by atoms with van der Waals surface area (Å²) in [5.74, 6) is -3.30. The van der Waals surface area contributed by atoms with Gasteiger partial charge in [-0.25, -0.2) is 13.2 Å². The number of nitrogens with zero attached hydrogens (tertiary/aromatic N) is 2. The first kappa shape index (κ1) is 27.4. The van der Waals surface area contributed by atoms with Crippen LogP contribution in [0.15, 0.2) is 53.1 Å². The summed E-state index contributed by atoms with van der Waals surface area (Å²) in [6.07, 6.45) is 4.92. The van der Waals surface area contributed by atoms with Crippen LogP contribution in [0.2, 0.25) is 5.02 Å². The molecule has 3 heterocycles.